The first-order valence-corrected chi connectivity index (χ1v) is 7.58. The molecule has 0 aliphatic carbocycles. The van der Waals surface area contributed by atoms with Gasteiger partial charge < -0.3 is 9.15 Å². The smallest absolute Gasteiger partial charge is 0.133 e. The largest absolute Gasteiger partial charge is 0.467 e. The molecular weight excluding hydrogens is 236 g/mol. The molecule has 1 aliphatic rings. The van der Waals surface area contributed by atoms with Gasteiger partial charge in [0.2, 0.25) is 0 Å². The first-order valence-electron chi connectivity index (χ1n) is 7.58. The predicted molar refractivity (Wildman–Crippen MR) is 78.0 cm³/mol. The summed E-state index contributed by atoms with van der Waals surface area (Å²) in [7, 11) is 0. The second-order valence-corrected chi connectivity index (χ2v) is 5.67. The van der Waals surface area contributed by atoms with Crippen LogP contribution in [0.1, 0.15) is 64.2 Å². The molecule has 1 aromatic rings. The third-order valence-electron chi connectivity index (χ3n) is 4.38. The zero-order valence-corrected chi connectivity index (χ0v) is 12.3. The van der Waals surface area contributed by atoms with Crippen molar-refractivity contribution in [2.24, 2.45) is 5.41 Å². The Labute approximate surface area is 116 Å². The van der Waals surface area contributed by atoms with Crippen molar-refractivity contribution < 1.29 is 9.15 Å². The van der Waals surface area contributed by atoms with E-state index >= 15 is 0 Å². The molecule has 106 valence electrons. The lowest BCUT2D eigenvalue weighted by Gasteiger charge is -2.34. The van der Waals surface area contributed by atoms with Crippen LogP contribution < -0.4 is 0 Å². The SMILES string of the molecule is C=C1COC(c2ccco2)C1(CCCC)CCCC. The van der Waals surface area contributed by atoms with Crippen LogP contribution in [0.15, 0.2) is 35.0 Å². The van der Waals surface area contributed by atoms with Crippen molar-refractivity contribution in [3.8, 4) is 0 Å². The monoisotopic (exact) mass is 262 g/mol. The van der Waals surface area contributed by atoms with Crippen molar-refractivity contribution in [2.75, 3.05) is 6.61 Å². The van der Waals surface area contributed by atoms with Gasteiger partial charge in [0, 0.05) is 5.41 Å². The van der Waals surface area contributed by atoms with Crippen LogP contribution in [0.4, 0.5) is 0 Å². The molecule has 2 rings (SSSR count). The average molecular weight is 262 g/mol. The fourth-order valence-electron chi connectivity index (χ4n) is 3.19. The molecule has 0 aromatic carbocycles. The van der Waals surface area contributed by atoms with Gasteiger partial charge in [0.15, 0.2) is 0 Å². The van der Waals surface area contributed by atoms with E-state index in [0.29, 0.717) is 6.61 Å². The fraction of sp³-hybridized carbons (Fsp3) is 0.647. The topological polar surface area (TPSA) is 22.4 Å². The molecule has 1 unspecified atom stereocenters. The molecule has 0 N–H and O–H groups in total. The summed E-state index contributed by atoms with van der Waals surface area (Å²) in [4.78, 5) is 0. The van der Waals surface area contributed by atoms with Gasteiger partial charge in [-0.1, -0.05) is 46.1 Å². The number of ether oxygens (including phenoxy) is 1. The maximum absolute atomic E-state index is 6.03. The Morgan fingerprint density at radius 3 is 2.47 bits per heavy atom. The lowest BCUT2D eigenvalue weighted by Crippen LogP contribution is -2.26. The minimum atomic E-state index is 0.0631. The maximum atomic E-state index is 6.03. The Bertz CT molecular complexity index is 383. The third kappa shape index (κ3) is 2.79. The molecule has 0 bridgehead atoms. The standard InChI is InChI=1S/C17H26O2/c1-4-6-10-17(11-7-5-2)14(3)13-19-16(17)15-9-8-12-18-15/h8-9,12,16H,3-7,10-11,13H2,1-2H3. The van der Waals surface area contributed by atoms with E-state index in [4.69, 9.17) is 9.15 Å². The van der Waals surface area contributed by atoms with Gasteiger partial charge >= 0.3 is 0 Å². The lowest BCUT2D eigenvalue weighted by atomic mass is 9.70. The molecule has 1 atom stereocenters. The molecule has 1 fully saturated rings. The van der Waals surface area contributed by atoms with Crippen LogP contribution in [0, 0.1) is 5.41 Å². The van der Waals surface area contributed by atoms with Crippen LogP contribution >= 0.6 is 0 Å². The number of unbranched alkanes of at least 4 members (excludes halogenated alkanes) is 2. The Kier molecular flexibility index (Phi) is 4.87. The molecule has 0 saturated carbocycles. The first kappa shape index (κ1) is 14.4. The van der Waals surface area contributed by atoms with Crippen molar-refractivity contribution in [3.63, 3.8) is 0 Å². The van der Waals surface area contributed by atoms with Gasteiger partial charge in [-0.05, 0) is 30.5 Å². The van der Waals surface area contributed by atoms with E-state index in [9.17, 15) is 0 Å². The second kappa shape index (κ2) is 6.42. The number of hydrogen-bond acceptors (Lipinski definition) is 2. The molecule has 1 aliphatic heterocycles. The van der Waals surface area contributed by atoms with E-state index in [1.807, 2.05) is 12.1 Å². The van der Waals surface area contributed by atoms with Crippen LogP contribution in [-0.4, -0.2) is 6.61 Å². The van der Waals surface area contributed by atoms with Gasteiger partial charge in [-0.25, -0.2) is 0 Å². The van der Waals surface area contributed by atoms with Gasteiger partial charge in [-0.15, -0.1) is 0 Å². The van der Waals surface area contributed by atoms with E-state index in [1.54, 1.807) is 6.26 Å². The molecule has 1 saturated heterocycles. The summed E-state index contributed by atoms with van der Waals surface area (Å²) in [6, 6.07) is 3.99. The number of furan rings is 1. The summed E-state index contributed by atoms with van der Waals surface area (Å²) in [5.74, 6) is 0.964. The highest BCUT2D eigenvalue weighted by Crippen LogP contribution is 2.54. The lowest BCUT2D eigenvalue weighted by molar-refractivity contribution is 0.0220. The zero-order chi connectivity index (χ0) is 13.7. The highest BCUT2D eigenvalue weighted by molar-refractivity contribution is 5.23. The number of rotatable bonds is 7. The molecule has 2 nitrogen and oxygen atoms in total. The van der Waals surface area contributed by atoms with E-state index in [1.165, 1.54) is 31.3 Å². The minimum absolute atomic E-state index is 0.0631. The van der Waals surface area contributed by atoms with Gasteiger partial charge in [0.1, 0.15) is 11.9 Å². The van der Waals surface area contributed by atoms with Crippen LogP contribution in [-0.2, 0) is 4.74 Å². The molecule has 19 heavy (non-hydrogen) atoms. The summed E-state index contributed by atoms with van der Waals surface area (Å²) in [5.41, 5.74) is 1.35. The summed E-state index contributed by atoms with van der Waals surface area (Å²) in [5, 5.41) is 0. The van der Waals surface area contributed by atoms with Crippen LogP contribution in [0.25, 0.3) is 0 Å². The van der Waals surface area contributed by atoms with E-state index in [-0.39, 0.29) is 11.5 Å². The first-order chi connectivity index (χ1) is 9.24. The van der Waals surface area contributed by atoms with Gasteiger partial charge in [-0.2, -0.15) is 0 Å². The molecule has 2 heteroatoms. The van der Waals surface area contributed by atoms with E-state index in [0.717, 1.165) is 18.6 Å². The fourth-order valence-corrected chi connectivity index (χ4v) is 3.19. The quantitative estimate of drug-likeness (QED) is 0.624. The maximum Gasteiger partial charge on any atom is 0.133 e. The molecule has 0 amide bonds. The number of hydrogen-bond donors (Lipinski definition) is 0. The van der Waals surface area contributed by atoms with Gasteiger partial charge in [0.25, 0.3) is 0 Å². The van der Waals surface area contributed by atoms with Crippen LogP contribution in [0.2, 0.25) is 0 Å². The zero-order valence-electron chi connectivity index (χ0n) is 12.3. The molecular formula is C17H26O2. The van der Waals surface area contributed by atoms with Crippen LogP contribution in [0.5, 0.6) is 0 Å². The summed E-state index contributed by atoms with van der Waals surface area (Å²) in [6.45, 7) is 9.47. The Hall–Kier alpha value is -1.02. The normalized spacial score (nSPS) is 22.0. The summed E-state index contributed by atoms with van der Waals surface area (Å²) >= 11 is 0. The minimum Gasteiger partial charge on any atom is -0.467 e. The molecule has 1 aromatic heterocycles. The molecule has 0 radical (unpaired) electrons. The second-order valence-electron chi connectivity index (χ2n) is 5.67. The highest BCUT2D eigenvalue weighted by Gasteiger charge is 2.47. The van der Waals surface area contributed by atoms with Crippen molar-refractivity contribution >= 4 is 0 Å². The van der Waals surface area contributed by atoms with Crippen molar-refractivity contribution in [1.82, 2.24) is 0 Å². The third-order valence-corrected chi connectivity index (χ3v) is 4.38. The Morgan fingerprint density at radius 2 is 1.95 bits per heavy atom. The summed E-state index contributed by atoms with van der Waals surface area (Å²) in [6.07, 6.45) is 9.00. The van der Waals surface area contributed by atoms with Gasteiger partial charge in [-0.3, -0.25) is 0 Å². The molecule has 2 heterocycles. The van der Waals surface area contributed by atoms with Crippen molar-refractivity contribution in [3.05, 3.63) is 36.3 Å². The van der Waals surface area contributed by atoms with Crippen molar-refractivity contribution in [2.45, 2.75) is 58.5 Å². The van der Waals surface area contributed by atoms with E-state index in [2.05, 4.69) is 20.4 Å². The van der Waals surface area contributed by atoms with Gasteiger partial charge in [0.05, 0.1) is 12.9 Å². The average Bonchev–Trinajstić information content (AvgIpc) is 3.03. The van der Waals surface area contributed by atoms with Crippen LogP contribution in [0.3, 0.4) is 0 Å². The summed E-state index contributed by atoms with van der Waals surface area (Å²) < 4.78 is 11.6. The van der Waals surface area contributed by atoms with E-state index < -0.39 is 0 Å². The Morgan fingerprint density at radius 1 is 1.26 bits per heavy atom. The van der Waals surface area contributed by atoms with Crippen molar-refractivity contribution in [1.29, 1.82) is 0 Å². The highest BCUT2D eigenvalue weighted by atomic mass is 16.5. The molecule has 0 spiro atoms. The Balaban J connectivity index is 2.26. The predicted octanol–water partition coefficient (Wildman–Crippen LogP) is 5.27.